The highest BCUT2D eigenvalue weighted by Gasteiger charge is 2.48. The number of carbonyl (C=O) groups excluding carboxylic acids is 1. The molecular weight excluding hydrogens is 521 g/mol. The van der Waals surface area contributed by atoms with Crippen molar-refractivity contribution in [3.8, 4) is 6.07 Å². The summed E-state index contributed by atoms with van der Waals surface area (Å²) in [7, 11) is -0.00610. The molecule has 0 radical (unpaired) electrons. The van der Waals surface area contributed by atoms with Crippen LogP contribution in [0.1, 0.15) is 64.0 Å². The van der Waals surface area contributed by atoms with E-state index in [0.29, 0.717) is 12.0 Å². The molecule has 1 fully saturated rings. The summed E-state index contributed by atoms with van der Waals surface area (Å²) in [6.45, 7) is 10.5. The lowest BCUT2D eigenvalue weighted by Gasteiger charge is -2.38. The van der Waals surface area contributed by atoms with E-state index in [1.807, 2.05) is 13.0 Å². The van der Waals surface area contributed by atoms with Gasteiger partial charge in [0.25, 0.3) is 14.4 Å². The predicted molar refractivity (Wildman–Crippen MR) is 148 cm³/mol. The smallest absolute Gasteiger partial charge is 0.351 e. The van der Waals surface area contributed by atoms with Crippen molar-refractivity contribution in [1.82, 2.24) is 14.2 Å². The van der Waals surface area contributed by atoms with E-state index >= 15 is 0 Å². The minimum atomic E-state index is -1.55. The van der Waals surface area contributed by atoms with E-state index in [1.54, 1.807) is 37.4 Å². The number of benzene rings is 1. The standard InChI is InChI=1S/C27H38N5O6P/c1-7-21-23(38-39(36-17-11-15-28)32(18(2)3)19(4)5)24(35-6)26(37-21)31-16-14-22(30-27(31)34)29-25(33)20-12-9-8-10-13-20/h8-10,12-14,16,18-19,21,23-24,26H,7,11,17H2,1-6H3,(H,29,30,33,34)/t21-,23-,24-,26-,39?/m1/s1. The Kier molecular flexibility index (Phi) is 11.5. The Morgan fingerprint density at radius 3 is 2.46 bits per heavy atom. The minimum Gasteiger partial charge on any atom is -0.374 e. The van der Waals surface area contributed by atoms with Gasteiger partial charge >= 0.3 is 5.69 Å². The first kappa shape index (κ1) is 30.8. The molecule has 5 atom stereocenters. The van der Waals surface area contributed by atoms with E-state index in [-0.39, 0.29) is 42.9 Å². The number of nitrogens with zero attached hydrogens (tertiary/aromatic N) is 4. The van der Waals surface area contributed by atoms with Gasteiger partial charge in [0.15, 0.2) is 6.23 Å². The summed E-state index contributed by atoms with van der Waals surface area (Å²) < 4.78 is 28.3. The van der Waals surface area contributed by atoms with E-state index in [0.717, 1.165) is 0 Å². The molecule has 0 aliphatic carbocycles. The number of rotatable bonds is 13. The lowest BCUT2D eigenvalue weighted by molar-refractivity contribution is -0.0538. The minimum absolute atomic E-state index is 0.128. The van der Waals surface area contributed by atoms with E-state index in [9.17, 15) is 9.59 Å². The zero-order valence-corrected chi connectivity index (χ0v) is 24.2. The van der Waals surface area contributed by atoms with Gasteiger partial charge in [0.2, 0.25) is 0 Å². The van der Waals surface area contributed by atoms with Crippen LogP contribution in [0.5, 0.6) is 0 Å². The second-order valence-corrected chi connectivity index (χ2v) is 11.0. The molecule has 1 aliphatic heterocycles. The first-order valence-electron chi connectivity index (χ1n) is 13.1. The molecule has 1 saturated heterocycles. The fourth-order valence-electron chi connectivity index (χ4n) is 4.49. The normalized spacial score (nSPS) is 21.8. The first-order chi connectivity index (χ1) is 18.7. The molecular formula is C27H38N5O6P. The average molecular weight is 560 g/mol. The van der Waals surface area contributed by atoms with Gasteiger partial charge in [-0.15, -0.1) is 0 Å². The molecule has 1 aromatic carbocycles. The van der Waals surface area contributed by atoms with E-state index < -0.39 is 32.7 Å². The number of aromatic nitrogens is 2. The van der Waals surface area contributed by atoms with E-state index in [2.05, 4.69) is 48.7 Å². The lowest BCUT2D eigenvalue weighted by Crippen LogP contribution is -2.40. The van der Waals surface area contributed by atoms with Crippen molar-refractivity contribution in [3.63, 3.8) is 0 Å². The summed E-state index contributed by atoms with van der Waals surface area (Å²) in [5.41, 5.74) is -0.139. The summed E-state index contributed by atoms with van der Waals surface area (Å²) in [4.78, 5) is 29.6. The second-order valence-electron chi connectivity index (χ2n) is 9.61. The molecule has 1 N–H and O–H groups in total. The highest BCUT2D eigenvalue weighted by molar-refractivity contribution is 7.44. The monoisotopic (exact) mass is 559 g/mol. The van der Waals surface area contributed by atoms with Gasteiger partial charge in [-0.2, -0.15) is 10.2 Å². The van der Waals surface area contributed by atoms with Gasteiger partial charge < -0.3 is 23.8 Å². The van der Waals surface area contributed by atoms with Crippen molar-refractivity contribution in [2.45, 2.75) is 84.1 Å². The topological polar surface area (TPSA) is 128 Å². The molecule has 0 saturated carbocycles. The third kappa shape index (κ3) is 7.70. The number of hydrogen-bond donors (Lipinski definition) is 1. The maximum Gasteiger partial charge on any atom is 0.351 e. The van der Waals surface area contributed by atoms with Crippen LogP contribution in [0, 0.1) is 11.3 Å². The Morgan fingerprint density at radius 2 is 1.90 bits per heavy atom. The predicted octanol–water partition coefficient (Wildman–Crippen LogP) is 4.48. The number of nitrogens with one attached hydrogen (secondary N) is 1. The van der Waals surface area contributed by atoms with Gasteiger partial charge in [-0.3, -0.25) is 9.36 Å². The van der Waals surface area contributed by atoms with Crippen molar-refractivity contribution in [1.29, 1.82) is 5.26 Å². The van der Waals surface area contributed by atoms with Crippen molar-refractivity contribution in [2.24, 2.45) is 0 Å². The summed E-state index contributed by atoms with van der Waals surface area (Å²) in [5, 5.41) is 11.7. The van der Waals surface area contributed by atoms with Gasteiger partial charge in [0, 0.05) is 31.0 Å². The fourth-order valence-corrected chi connectivity index (χ4v) is 6.26. The molecule has 1 unspecified atom stereocenters. The van der Waals surface area contributed by atoms with Crippen molar-refractivity contribution in [3.05, 3.63) is 58.6 Å². The third-order valence-electron chi connectivity index (χ3n) is 6.22. The summed E-state index contributed by atoms with van der Waals surface area (Å²) in [6, 6.07) is 12.6. The van der Waals surface area contributed by atoms with E-state index in [4.69, 9.17) is 23.8 Å². The van der Waals surface area contributed by atoms with Crippen molar-refractivity contribution < 1.29 is 23.3 Å². The largest absolute Gasteiger partial charge is 0.374 e. The average Bonchev–Trinajstić information content (AvgIpc) is 3.25. The first-order valence-corrected chi connectivity index (χ1v) is 14.2. The van der Waals surface area contributed by atoms with Crippen LogP contribution in [-0.2, 0) is 18.5 Å². The highest BCUT2D eigenvalue weighted by Crippen LogP contribution is 2.50. The van der Waals surface area contributed by atoms with Crippen molar-refractivity contribution >= 4 is 20.3 Å². The van der Waals surface area contributed by atoms with Crippen LogP contribution in [0.3, 0.4) is 0 Å². The van der Waals surface area contributed by atoms with Gasteiger partial charge in [-0.05, 0) is 52.3 Å². The number of methoxy groups -OCH3 is 1. The molecule has 1 aromatic heterocycles. The Labute approximate surface area is 231 Å². The molecule has 1 aliphatic rings. The molecule has 1 amide bonds. The summed E-state index contributed by atoms with van der Waals surface area (Å²) in [5.74, 6) is -0.230. The molecule has 12 heteroatoms. The highest BCUT2D eigenvalue weighted by atomic mass is 31.2. The molecule has 2 aromatic rings. The summed E-state index contributed by atoms with van der Waals surface area (Å²) >= 11 is 0. The van der Waals surface area contributed by atoms with Gasteiger partial charge in [0.1, 0.15) is 18.0 Å². The molecule has 2 heterocycles. The maximum absolute atomic E-state index is 13.1. The Bertz CT molecular complexity index is 1160. The van der Waals surface area contributed by atoms with Crippen molar-refractivity contribution in [2.75, 3.05) is 19.0 Å². The Balaban J connectivity index is 1.84. The van der Waals surface area contributed by atoms with Crippen LogP contribution in [0.2, 0.25) is 0 Å². The quantitative estimate of drug-likeness (QED) is 0.279. The Hall–Kier alpha value is -2.71. The second kappa shape index (κ2) is 14.6. The van der Waals surface area contributed by atoms with Gasteiger partial charge in [-0.25, -0.2) is 9.46 Å². The molecule has 3 rings (SSSR count). The van der Waals surface area contributed by atoms with E-state index in [1.165, 1.54) is 10.8 Å². The molecule has 11 nitrogen and oxygen atoms in total. The van der Waals surface area contributed by atoms with Crippen LogP contribution >= 0.6 is 8.53 Å². The number of anilines is 1. The van der Waals surface area contributed by atoms with Crippen LogP contribution in [0.4, 0.5) is 5.82 Å². The molecule has 39 heavy (non-hydrogen) atoms. The van der Waals surface area contributed by atoms with Gasteiger partial charge in [-0.1, -0.05) is 25.1 Å². The maximum atomic E-state index is 13.1. The molecule has 212 valence electrons. The van der Waals surface area contributed by atoms with Crippen LogP contribution in [0.25, 0.3) is 0 Å². The SMILES string of the molecule is CC[C@H]1O[C@@H](n2ccc(NC(=O)c3ccccc3)nc2=O)[C@H](OC)[C@@H]1OP(OCCC#N)N(C(C)C)C(C)C. The lowest BCUT2D eigenvalue weighted by atomic mass is 10.1. The number of ether oxygens (including phenoxy) is 2. The number of nitriles is 1. The zero-order valence-electron chi connectivity index (χ0n) is 23.3. The molecule has 0 spiro atoms. The van der Waals surface area contributed by atoms with Gasteiger partial charge in [0.05, 0.1) is 25.2 Å². The summed E-state index contributed by atoms with van der Waals surface area (Å²) in [6.07, 6.45) is 0.0328. The van der Waals surface area contributed by atoms with Crippen LogP contribution in [-0.4, -0.2) is 64.2 Å². The van der Waals surface area contributed by atoms with Crippen LogP contribution in [0.15, 0.2) is 47.4 Å². The van der Waals surface area contributed by atoms with Crippen LogP contribution < -0.4 is 11.0 Å². The molecule has 0 bridgehead atoms. The Morgan fingerprint density at radius 1 is 1.21 bits per heavy atom. The number of hydrogen-bond acceptors (Lipinski definition) is 9. The third-order valence-corrected chi connectivity index (χ3v) is 8.34. The number of carbonyl (C=O) groups is 1. The zero-order chi connectivity index (χ0) is 28.5. The fraction of sp³-hybridized carbons (Fsp3) is 0.556. The number of amides is 1.